The number of ether oxygens (including phenoxy) is 2. The zero-order chi connectivity index (χ0) is 23.9. The molecule has 0 radical (unpaired) electrons. The lowest BCUT2D eigenvalue weighted by Gasteiger charge is -2.43. The number of rotatable bonds is 7. The Balaban J connectivity index is 1.61. The normalized spacial score (nSPS) is 28.2. The number of nitrogens with zero attached hydrogens (tertiary/aromatic N) is 2. The van der Waals surface area contributed by atoms with Crippen LogP contribution in [0.3, 0.4) is 0 Å². The van der Waals surface area contributed by atoms with Crippen LogP contribution in [0.5, 0.6) is 5.75 Å². The molecule has 1 N–H and O–H groups in total. The predicted octanol–water partition coefficient (Wildman–Crippen LogP) is 3.43. The van der Waals surface area contributed by atoms with Gasteiger partial charge in [-0.05, 0) is 44.1 Å². The Kier molecular flexibility index (Phi) is 6.84. The molecule has 2 amide bonds. The maximum Gasteiger partial charge on any atom is 0.248 e. The molecule has 2 saturated heterocycles. The quantitative estimate of drug-likeness (QED) is 0.369. The van der Waals surface area contributed by atoms with Gasteiger partial charge in [0, 0.05) is 55.8 Å². The van der Waals surface area contributed by atoms with Crippen LogP contribution >= 0.6 is 0 Å². The largest absolute Gasteiger partial charge is 0.490 e. The monoisotopic (exact) mass is 478 g/mol. The first-order chi connectivity index (χ1) is 15.7. The first kappa shape index (κ1) is 24.2. The molecule has 0 spiro atoms. The van der Waals surface area contributed by atoms with Crippen molar-refractivity contribution in [3.63, 3.8) is 0 Å². The van der Waals surface area contributed by atoms with Crippen molar-refractivity contribution in [1.82, 2.24) is 4.90 Å². The zero-order valence-electron chi connectivity index (χ0n) is 19.9. The highest BCUT2D eigenvalue weighted by Crippen LogP contribution is 2.48. The van der Waals surface area contributed by atoms with E-state index in [0.717, 1.165) is 24.1 Å². The van der Waals surface area contributed by atoms with Crippen molar-refractivity contribution in [3.05, 3.63) is 23.8 Å². The van der Waals surface area contributed by atoms with Gasteiger partial charge in [0.15, 0.2) is 0 Å². The van der Waals surface area contributed by atoms with Gasteiger partial charge in [-0.3, -0.25) is 9.59 Å². The third-order valence-corrected chi connectivity index (χ3v) is 9.85. The van der Waals surface area contributed by atoms with Crippen LogP contribution in [0.2, 0.25) is 18.6 Å². The fraction of sp³-hybridized carbons (Fsp3) is 0.667. The number of carbonyl (C=O) groups is 2. The van der Waals surface area contributed by atoms with Gasteiger partial charge < -0.3 is 28.5 Å². The number of benzene rings is 1. The molecule has 3 aliphatic heterocycles. The predicted molar refractivity (Wildman–Crippen MR) is 126 cm³/mol. The van der Waals surface area contributed by atoms with Gasteiger partial charge in [-0.15, -0.1) is 0 Å². The molecule has 3 aliphatic rings. The fourth-order valence-corrected chi connectivity index (χ4v) is 7.34. The van der Waals surface area contributed by atoms with Crippen molar-refractivity contribution < 1.29 is 28.3 Å². The Morgan fingerprint density at radius 2 is 2.12 bits per heavy atom. The molecule has 1 aromatic carbocycles. The number of likely N-dealkylation sites (tertiary alicyclic amines) is 1. The number of aliphatic hydroxyl groups excluding tert-OH is 1. The summed E-state index contributed by atoms with van der Waals surface area (Å²) in [7, 11) is -1.68. The molecule has 0 aliphatic carbocycles. The molecule has 33 heavy (non-hydrogen) atoms. The number of amides is 2. The highest BCUT2D eigenvalue weighted by molar-refractivity contribution is 6.72. The van der Waals surface area contributed by atoms with E-state index in [1.807, 2.05) is 25.1 Å². The first-order valence-corrected chi connectivity index (χ1v) is 14.8. The van der Waals surface area contributed by atoms with Crippen molar-refractivity contribution >= 4 is 25.9 Å². The Morgan fingerprint density at radius 1 is 1.36 bits per heavy atom. The van der Waals surface area contributed by atoms with E-state index in [1.54, 1.807) is 30.0 Å². The number of hydrogen-bond donors (Lipinski definition) is 1. The molecule has 5 atom stereocenters. The molecule has 182 valence electrons. The second-order valence-corrected chi connectivity index (χ2v) is 13.9. The van der Waals surface area contributed by atoms with Gasteiger partial charge in [-0.1, -0.05) is 6.92 Å². The van der Waals surface area contributed by atoms with Crippen LogP contribution in [0.15, 0.2) is 18.2 Å². The molecule has 3 heterocycles. The molecule has 2 fully saturated rings. The van der Waals surface area contributed by atoms with Gasteiger partial charge in [0.2, 0.25) is 20.2 Å². The van der Waals surface area contributed by atoms with Gasteiger partial charge in [-0.25, -0.2) is 0 Å². The molecule has 9 heteroatoms. The van der Waals surface area contributed by atoms with Crippen LogP contribution in [0.25, 0.3) is 0 Å². The van der Waals surface area contributed by atoms with E-state index in [9.17, 15) is 14.7 Å². The minimum Gasteiger partial charge on any atom is -0.490 e. The van der Waals surface area contributed by atoms with E-state index < -0.39 is 20.1 Å². The maximum absolute atomic E-state index is 15.7. The standard InChI is InChI=1S/C24H35FN2O5Si/c1-15-23(31-2)18-12-16(27-11-9-21(27)29)7-8-19(18)32-24(15)20(33(3,4)25)13-22(30)26-10-5-6-17(26)14-28/h7-8,12,15,17,20,23-24,28H,5-6,9-11,13-14H2,1-4H3/t15-,17-,20?,23-,24-/m0/s1. The first-order valence-electron chi connectivity index (χ1n) is 11.9. The molecule has 0 aromatic heterocycles. The van der Waals surface area contributed by atoms with E-state index in [2.05, 4.69) is 0 Å². The highest BCUT2D eigenvalue weighted by atomic mass is 28.4. The molecular weight excluding hydrogens is 443 g/mol. The van der Waals surface area contributed by atoms with Gasteiger partial charge in [-0.2, -0.15) is 0 Å². The summed E-state index contributed by atoms with van der Waals surface area (Å²) in [5.74, 6) is 0.416. The Morgan fingerprint density at radius 3 is 2.70 bits per heavy atom. The van der Waals surface area contributed by atoms with Gasteiger partial charge in [0.25, 0.3) is 0 Å². The third kappa shape index (κ3) is 4.55. The van der Waals surface area contributed by atoms with Crippen molar-refractivity contribution in [3.8, 4) is 5.75 Å². The van der Waals surface area contributed by atoms with E-state index >= 15 is 4.11 Å². The van der Waals surface area contributed by atoms with Crippen molar-refractivity contribution in [2.24, 2.45) is 5.92 Å². The van der Waals surface area contributed by atoms with Gasteiger partial charge in [0.1, 0.15) is 11.9 Å². The summed E-state index contributed by atoms with van der Waals surface area (Å²) in [6, 6.07) is 5.43. The highest BCUT2D eigenvalue weighted by Gasteiger charge is 2.49. The molecule has 1 unspecified atom stereocenters. The SMILES string of the molecule is CO[C@@H]1c2cc(N3CCC3=O)ccc2O[C@H](C(CC(=O)N2CCC[C@H]2CO)[Si](C)(C)F)[C@H]1C. The molecule has 0 bridgehead atoms. The van der Waals surface area contributed by atoms with E-state index in [-0.39, 0.29) is 42.9 Å². The van der Waals surface area contributed by atoms with E-state index in [1.165, 1.54) is 0 Å². The topological polar surface area (TPSA) is 79.3 Å². The summed E-state index contributed by atoms with van der Waals surface area (Å²) in [4.78, 5) is 28.5. The number of fused-ring (bicyclic) bond motifs is 1. The lowest BCUT2D eigenvalue weighted by Crippen LogP contribution is -2.48. The second kappa shape index (κ2) is 9.35. The van der Waals surface area contributed by atoms with Crippen LogP contribution in [0.1, 0.15) is 44.3 Å². The average molecular weight is 479 g/mol. The number of carbonyl (C=O) groups excluding carboxylic acids is 2. The van der Waals surface area contributed by atoms with Crippen molar-refractivity contribution in [2.75, 3.05) is 31.7 Å². The number of methoxy groups -OCH3 is 1. The number of β-lactam (4-membered cyclic amide) rings is 1. The molecule has 7 nitrogen and oxygen atoms in total. The Hall–Kier alpha value is -1.97. The minimum absolute atomic E-state index is 0.0629. The number of anilines is 1. The van der Waals surface area contributed by atoms with Crippen molar-refractivity contribution in [1.29, 1.82) is 0 Å². The zero-order valence-corrected chi connectivity index (χ0v) is 20.9. The summed E-state index contributed by atoms with van der Waals surface area (Å²) in [5.41, 5.74) is 1.11. The molecule has 4 rings (SSSR count). The van der Waals surface area contributed by atoms with E-state index in [0.29, 0.717) is 25.3 Å². The van der Waals surface area contributed by atoms with Crippen LogP contribution in [-0.4, -0.2) is 69.2 Å². The van der Waals surface area contributed by atoms with E-state index in [4.69, 9.17) is 9.47 Å². The number of aliphatic hydroxyl groups is 1. The number of halogens is 1. The summed E-state index contributed by atoms with van der Waals surface area (Å²) in [6.07, 6.45) is 1.41. The Labute approximate surface area is 196 Å². The summed E-state index contributed by atoms with van der Waals surface area (Å²) < 4.78 is 27.9. The average Bonchev–Trinajstić information content (AvgIpc) is 3.24. The lowest BCUT2D eigenvalue weighted by molar-refractivity contribution is -0.133. The lowest BCUT2D eigenvalue weighted by atomic mass is 9.86. The molecule has 1 aromatic rings. The summed E-state index contributed by atoms with van der Waals surface area (Å²) in [6.45, 7) is 6.48. The smallest absolute Gasteiger partial charge is 0.248 e. The second-order valence-electron chi connectivity index (χ2n) is 10.1. The van der Waals surface area contributed by atoms with Crippen LogP contribution in [-0.2, 0) is 14.3 Å². The van der Waals surface area contributed by atoms with Crippen LogP contribution < -0.4 is 9.64 Å². The van der Waals surface area contributed by atoms with Gasteiger partial charge in [0.05, 0.1) is 18.8 Å². The van der Waals surface area contributed by atoms with Crippen molar-refractivity contribution in [2.45, 2.75) is 69.5 Å². The summed E-state index contributed by atoms with van der Waals surface area (Å²) >= 11 is 0. The number of hydrogen-bond acceptors (Lipinski definition) is 5. The summed E-state index contributed by atoms with van der Waals surface area (Å²) in [5, 5.41) is 9.62. The maximum atomic E-state index is 15.7. The molecule has 0 saturated carbocycles. The van der Waals surface area contributed by atoms with Gasteiger partial charge >= 0.3 is 0 Å². The Bertz CT molecular complexity index is 907. The fourth-order valence-electron chi connectivity index (χ4n) is 5.53. The van der Waals surface area contributed by atoms with Crippen LogP contribution in [0, 0.1) is 5.92 Å². The molecular formula is C24H35FN2O5Si. The third-order valence-electron chi connectivity index (χ3n) is 7.56. The minimum atomic E-state index is -3.30. The van der Waals surface area contributed by atoms with Crippen LogP contribution in [0.4, 0.5) is 9.80 Å².